The second-order valence-corrected chi connectivity index (χ2v) is 4.18. The van der Waals surface area contributed by atoms with Gasteiger partial charge in [-0.2, -0.15) is 0 Å². The van der Waals surface area contributed by atoms with E-state index < -0.39 is 0 Å². The van der Waals surface area contributed by atoms with E-state index in [-0.39, 0.29) is 7.47 Å². The van der Waals surface area contributed by atoms with Gasteiger partial charge in [0.05, 0.1) is 11.1 Å². The van der Waals surface area contributed by atoms with Crippen LogP contribution in [-0.2, 0) is 0 Å². The van der Waals surface area contributed by atoms with Gasteiger partial charge in [-0.1, -0.05) is 31.4 Å². The molecular weight excluding hydrogens is 192 g/mol. The molecular formula is C11H18N2S. The van der Waals surface area contributed by atoms with Gasteiger partial charge in [0.15, 0.2) is 0 Å². The van der Waals surface area contributed by atoms with Gasteiger partial charge in [-0.3, -0.25) is 4.99 Å². The number of nitrogens with two attached hydrogens (primary N) is 1. The van der Waals surface area contributed by atoms with Gasteiger partial charge < -0.3 is 5.73 Å². The minimum Gasteiger partial charge on any atom is -0.322 e. The average Bonchev–Trinajstić information content (AvgIpc) is 2.69. The molecule has 1 aliphatic rings. The molecule has 78 valence electrons. The topological polar surface area (TPSA) is 38.4 Å². The maximum Gasteiger partial charge on any atom is 0.0848 e. The lowest BCUT2D eigenvalue weighted by Gasteiger charge is -2.10. The summed E-state index contributed by atoms with van der Waals surface area (Å²) in [6, 6.07) is 0.0201. The van der Waals surface area contributed by atoms with Crippen molar-refractivity contribution in [2.45, 2.75) is 12.5 Å². The van der Waals surface area contributed by atoms with Crippen LogP contribution in [0.1, 0.15) is 7.85 Å². The Balaban J connectivity index is 0.00000196. The molecule has 0 aromatic carbocycles. The van der Waals surface area contributed by atoms with Crippen LogP contribution in [0.3, 0.4) is 0 Å². The Hall–Kier alpha value is -0.800. The lowest BCUT2D eigenvalue weighted by atomic mass is 10.1. The van der Waals surface area contributed by atoms with Gasteiger partial charge in [0.1, 0.15) is 0 Å². The van der Waals surface area contributed by atoms with Crippen molar-refractivity contribution in [1.82, 2.24) is 0 Å². The summed E-state index contributed by atoms with van der Waals surface area (Å²) in [7, 11) is 0. The third-order valence-corrected chi connectivity index (χ3v) is 3.09. The lowest BCUT2D eigenvalue weighted by molar-refractivity contribution is 0.861. The molecule has 1 heterocycles. The molecule has 0 amide bonds. The van der Waals surface area contributed by atoms with E-state index in [2.05, 4.69) is 18.2 Å². The number of thioether (sulfide) groups is 1. The van der Waals surface area contributed by atoms with Gasteiger partial charge in [-0.15, -0.1) is 11.8 Å². The number of aliphatic imine (C=N–C) groups is 1. The number of rotatable bonds is 5. The van der Waals surface area contributed by atoms with Crippen LogP contribution in [0.25, 0.3) is 0 Å². The molecule has 0 aliphatic carbocycles. The van der Waals surface area contributed by atoms with Crippen molar-refractivity contribution < 1.29 is 1.43 Å². The number of hydrogen-bond acceptors (Lipinski definition) is 3. The second-order valence-electron chi connectivity index (χ2n) is 3.06. The van der Waals surface area contributed by atoms with Crippen molar-refractivity contribution >= 4 is 16.8 Å². The molecule has 14 heavy (non-hydrogen) atoms. The fourth-order valence-electron chi connectivity index (χ4n) is 1.29. The maximum atomic E-state index is 6.01. The Kier molecular flexibility index (Phi) is 4.70. The molecule has 0 aromatic heterocycles. The standard InChI is InChI=1S/C11H16N2S.H2/c1-3-5-9(4-2)8-10(12)11-13-6-7-14-11;/h3-5,10H,1-2,6-8,12H2;1H/b9-5+;/t10-;/m0./s1. The van der Waals surface area contributed by atoms with Gasteiger partial charge in [-0.05, 0) is 12.0 Å². The maximum absolute atomic E-state index is 6.01. The minimum absolute atomic E-state index is 0. The van der Waals surface area contributed by atoms with Crippen LogP contribution in [0.5, 0.6) is 0 Å². The molecule has 0 radical (unpaired) electrons. The van der Waals surface area contributed by atoms with E-state index in [4.69, 9.17) is 5.73 Å². The molecule has 0 unspecified atom stereocenters. The van der Waals surface area contributed by atoms with Crippen LogP contribution in [0.2, 0.25) is 0 Å². The largest absolute Gasteiger partial charge is 0.322 e. The Morgan fingerprint density at radius 2 is 2.50 bits per heavy atom. The zero-order valence-electron chi connectivity index (χ0n) is 8.28. The van der Waals surface area contributed by atoms with Crippen LogP contribution < -0.4 is 5.73 Å². The van der Waals surface area contributed by atoms with E-state index >= 15 is 0 Å². The van der Waals surface area contributed by atoms with Crippen LogP contribution in [0.4, 0.5) is 0 Å². The summed E-state index contributed by atoms with van der Waals surface area (Å²) in [5.41, 5.74) is 7.12. The Labute approximate surface area is 91.2 Å². The summed E-state index contributed by atoms with van der Waals surface area (Å²) in [6.07, 6.45) is 6.31. The summed E-state index contributed by atoms with van der Waals surface area (Å²) < 4.78 is 0. The second kappa shape index (κ2) is 5.83. The normalized spacial score (nSPS) is 18.9. The third kappa shape index (κ3) is 3.16. The lowest BCUT2D eigenvalue weighted by Crippen LogP contribution is -2.27. The Morgan fingerprint density at radius 1 is 1.71 bits per heavy atom. The monoisotopic (exact) mass is 210 g/mol. The average molecular weight is 210 g/mol. The smallest absolute Gasteiger partial charge is 0.0848 e. The quantitative estimate of drug-likeness (QED) is 0.708. The van der Waals surface area contributed by atoms with Crippen molar-refractivity contribution in [3.05, 3.63) is 37.0 Å². The molecule has 2 N–H and O–H groups in total. The van der Waals surface area contributed by atoms with Crippen molar-refractivity contribution in [3.8, 4) is 0 Å². The summed E-state index contributed by atoms with van der Waals surface area (Å²) in [5.74, 6) is 1.07. The van der Waals surface area contributed by atoms with E-state index in [1.807, 2.05) is 12.2 Å². The predicted octanol–water partition coefficient (Wildman–Crippen LogP) is 2.39. The Bertz CT molecular complexity index is 284. The fourth-order valence-corrected chi connectivity index (χ4v) is 2.16. The molecule has 0 saturated heterocycles. The first kappa shape index (κ1) is 11.3. The molecule has 0 saturated carbocycles. The van der Waals surface area contributed by atoms with Crippen LogP contribution in [-0.4, -0.2) is 23.4 Å². The fraction of sp³-hybridized carbons (Fsp3) is 0.364. The summed E-state index contributed by atoms with van der Waals surface area (Å²) in [4.78, 5) is 4.35. The molecule has 1 aliphatic heterocycles. The number of hydrogen-bond donors (Lipinski definition) is 1. The zero-order chi connectivity index (χ0) is 10.4. The summed E-state index contributed by atoms with van der Waals surface area (Å²) in [6.45, 7) is 8.30. The van der Waals surface area contributed by atoms with E-state index in [9.17, 15) is 0 Å². The van der Waals surface area contributed by atoms with Crippen LogP contribution in [0, 0.1) is 0 Å². The molecule has 0 spiro atoms. The molecule has 0 aromatic rings. The molecule has 2 nitrogen and oxygen atoms in total. The van der Waals surface area contributed by atoms with Crippen molar-refractivity contribution in [2.24, 2.45) is 10.7 Å². The number of allylic oxidation sites excluding steroid dienone is 3. The van der Waals surface area contributed by atoms with Crippen molar-refractivity contribution in [1.29, 1.82) is 0 Å². The van der Waals surface area contributed by atoms with E-state index in [1.54, 1.807) is 17.8 Å². The molecule has 1 rings (SSSR count). The van der Waals surface area contributed by atoms with Gasteiger partial charge in [0.2, 0.25) is 0 Å². The van der Waals surface area contributed by atoms with E-state index in [0.29, 0.717) is 0 Å². The molecule has 0 bridgehead atoms. The van der Waals surface area contributed by atoms with E-state index in [0.717, 1.165) is 29.3 Å². The zero-order valence-corrected chi connectivity index (χ0v) is 9.09. The highest BCUT2D eigenvalue weighted by atomic mass is 32.2. The molecule has 1 atom stereocenters. The number of nitrogens with zero attached hydrogens (tertiary/aromatic N) is 1. The van der Waals surface area contributed by atoms with Crippen LogP contribution >= 0.6 is 11.8 Å². The van der Waals surface area contributed by atoms with Crippen molar-refractivity contribution in [3.63, 3.8) is 0 Å². The van der Waals surface area contributed by atoms with Gasteiger partial charge in [-0.25, -0.2) is 0 Å². The summed E-state index contributed by atoms with van der Waals surface area (Å²) in [5, 5.41) is 1.07. The first-order chi connectivity index (χ1) is 6.77. The third-order valence-electron chi connectivity index (χ3n) is 1.98. The highest BCUT2D eigenvalue weighted by Gasteiger charge is 2.15. The minimum atomic E-state index is 0. The van der Waals surface area contributed by atoms with Gasteiger partial charge in [0.25, 0.3) is 0 Å². The highest BCUT2D eigenvalue weighted by Crippen LogP contribution is 2.18. The SMILES string of the molecule is C=C/C=C(\C=C)C[C@H](N)C1=NCCS1.[HH]. The first-order valence-electron chi connectivity index (χ1n) is 4.64. The molecule has 3 heteroatoms. The first-order valence-corrected chi connectivity index (χ1v) is 5.63. The van der Waals surface area contributed by atoms with Crippen LogP contribution in [0.15, 0.2) is 42.0 Å². The highest BCUT2D eigenvalue weighted by molar-refractivity contribution is 8.14. The Morgan fingerprint density at radius 3 is 3.00 bits per heavy atom. The predicted molar refractivity (Wildman–Crippen MR) is 67.9 cm³/mol. The van der Waals surface area contributed by atoms with Crippen molar-refractivity contribution in [2.75, 3.05) is 12.3 Å². The molecule has 0 fully saturated rings. The van der Waals surface area contributed by atoms with Gasteiger partial charge in [0, 0.05) is 13.7 Å². The summed E-state index contributed by atoms with van der Waals surface area (Å²) >= 11 is 1.76. The van der Waals surface area contributed by atoms with Gasteiger partial charge >= 0.3 is 0 Å². The van der Waals surface area contributed by atoms with E-state index in [1.165, 1.54) is 0 Å².